The highest BCUT2D eigenvalue weighted by molar-refractivity contribution is 6.05. The fraction of sp³-hybridized carbons (Fsp3) is 0.360. The molecule has 0 saturated heterocycles. The van der Waals surface area contributed by atoms with Crippen LogP contribution in [0.5, 0.6) is 0 Å². The van der Waals surface area contributed by atoms with Crippen molar-refractivity contribution in [2.24, 2.45) is 0 Å². The Balaban J connectivity index is 1.32. The molecule has 1 aliphatic carbocycles. The fourth-order valence-corrected chi connectivity index (χ4v) is 4.36. The number of nitrogens with one attached hydrogen (secondary N) is 1. The second-order valence-corrected chi connectivity index (χ2v) is 8.30. The molecule has 1 N–H and O–H groups in total. The number of ether oxygens (including phenoxy) is 1. The maximum Gasteiger partial charge on any atom is 0.306 e. The molecule has 4 rings (SSSR count). The first-order valence-corrected chi connectivity index (χ1v) is 10.9. The average molecular weight is 434 g/mol. The van der Waals surface area contributed by atoms with Gasteiger partial charge in [-0.25, -0.2) is 0 Å². The largest absolute Gasteiger partial charge is 0.456 e. The molecule has 0 radical (unpaired) electrons. The average Bonchev–Trinajstić information content (AvgIpc) is 3.20. The van der Waals surface area contributed by atoms with E-state index in [2.05, 4.69) is 5.32 Å². The summed E-state index contributed by atoms with van der Waals surface area (Å²) < 4.78 is 5.16. The van der Waals surface area contributed by atoms with Crippen LogP contribution in [0.15, 0.2) is 42.5 Å². The van der Waals surface area contributed by atoms with E-state index >= 15 is 0 Å². The van der Waals surface area contributed by atoms with E-state index in [0.717, 1.165) is 19.3 Å². The van der Waals surface area contributed by atoms with Crippen molar-refractivity contribution in [3.05, 3.63) is 59.2 Å². The Morgan fingerprint density at radius 1 is 1.06 bits per heavy atom. The number of carbonyl (C=O) groups is 4. The molecule has 166 valence electrons. The number of carbonyl (C=O) groups excluding carboxylic acids is 4. The van der Waals surface area contributed by atoms with Crippen LogP contribution >= 0.6 is 0 Å². The Hall–Kier alpha value is -3.48. The van der Waals surface area contributed by atoms with E-state index in [9.17, 15) is 19.2 Å². The summed E-state index contributed by atoms with van der Waals surface area (Å²) in [6.45, 7) is 1.33. The fourth-order valence-electron chi connectivity index (χ4n) is 4.36. The molecule has 2 amide bonds. The minimum atomic E-state index is -0.599. The molecule has 2 aromatic carbocycles. The molecular formula is C25H26N2O5. The topological polar surface area (TPSA) is 92.8 Å². The molecule has 1 unspecified atom stereocenters. The van der Waals surface area contributed by atoms with E-state index in [1.165, 1.54) is 16.0 Å². The highest BCUT2D eigenvalue weighted by Crippen LogP contribution is 2.31. The molecule has 0 fully saturated rings. The first-order valence-electron chi connectivity index (χ1n) is 10.9. The highest BCUT2D eigenvalue weighted by atomic mass is 16.5. The van der Waals surface area contributed by atoms with Crippen LogP contribution in [0.4, 0.5) is 11.4 Å². The lowest BCUT2D eigenvalue weighted by Gasteiger charge is -2.27. The molecule has 1 heterocycles. The highest BCUT2D eigenvalue weighted by Gasteiger charge is 2.30. The minimum Gasteiger partial charge on any atom is -0.456 e. The Morgan fingerprint density at radius 2 is 1.84 bits per heavy atom. The minimum absolute atomic E-state index is 0.0349. The molecule has 7 nitrogen and oxygen atoms in total. The molecule has 0 saturated carbocycles. The lowest BCUT2D eigenvalue weighted by atomic mass is 10.0. The summed E-state index contributed by atoms with van der Waals surface area (Å²) in [5, 5.41) is 2.79. The van der Waals surface area contributed by atoms with Gasteiger partial charge in [0, 0.05) is 24.4 Å². The van der Waals surface area contributed by atoms with Crippen LogP contribution in [-0.4, -0.2) is 36.2 Å². The summed E-state index contributed by atoms with van der Waals surface area (Å²) in [7, 11) is 0. The third-order valence-corrected chi connectivity index (χ3v) is 5.96. The summed E-state index contributed by atoms with van der Waals surface area (Å²) in [5.74, 6) is -1.30. The van der Waals surface area contributed by atoms with Gasteiger partial charge in [0.05, 0.1) is 17.8 Å². The number of benzene rings is 2. The number of ketones is 1. The van der Waals surface area contributed by atoms with Gasteiger partial charge in [-0.1, -0.05) is 24.3 Å². The third-order valence-electron chi connectivity index (χ3n) is 5.96. The molecule has 32 heavy (non-hydrogen) atoms. The summed E-state index contributed by atoms with van der Waals surface area (Å²) in [6.07, 6.45) is 3.23. The number of nitrogens with zero attached hydrogens (tertiary/aromatic N) is 1. The van der Waals surface area contributed by atoms with Crippen molar-refractivity contribution in [2.75, 3.05) is 16.8 Å². The normalized spacial score (nSPS) is 17.1. The van der Waals surface area contributed by atoms with E-state index in [4.69, 9.17) is 4.74 Å². The van der Waals surface area contributed by atoms with Crippen LogP contribution in [0, 0.1) is 0 Å². The monoisotopic (exact) mass is 434 g/mol. The molecule has 0 spiro atoms. The van der Waals surface area contributed by atoms with Crippen molar-refractivity contribution >= 4 is 34.9 Å². The number of para-hydroxylation sites is 2. The van der Waals surface area contributed by atoms with Crippen LogP contribution in [0.25, 0.3) is 0 Å². The molecule has 7 heteroatoms. The first-order chi connectivity index (χ1) is 15.4. The van der Waals surface area contributed by atoms with Crippen molar-refractivity contribution in [3.8, 4) is 0 Å². The predicted molar refractivity (Wildman–Crippen MR) is 120 cm³/mol. The second kappa shape index (κ2) is 9.34. The molecule has 1 atom stereocenters. The number of rotatable bonds is 6. The summed E-state index contributed by atoms with van der Waals surface area (Å²) in [6, 6.07) is 12.4. The van der Waals surface area contributed by atoms with Crippen LogP contribution in [0.1, 0.15) is 54.1 Å². The zero-order valence-electron chi connectivity index (χ0n) is 18.1. The standard InChI is InChI=1S/C25H26N2O5/c1-16-13-23(29)26-20-7-2-3-8-21(20)27(16)24(30)15-32-25(31)12-11-22(28)19-10-9-17-5-4-6-18(17)14-19/h2-3,7-10,14,16H,4-6,11-13,15H2,1H3,(H,26,29). The van der Waals surface area contributed by atoms with Crippen molar-refractivity contribution in [2.45, 2.75) is 51.5 Å². The van der Waals surface area contributed by atoms with Crippen LogP contribution < -0.4 is 10.2 Å². The lowest BCUT2D eigenvalue weighted by molar-refractivity contribution is -0.147. The van der Waals surface area contributed by atoms with Gasteiger partial charge >= 0.3 is 5.97 Å². The Labute approximate surface area is 186 Å². The number of anilines is 2. The smallest absolute Gasteiger partial charge is 0.306 e. The van der Waals surface area contributed by atoms with E-state index < -0.39 is 18.5 Å². The lowest BCUT2D eigenvalue weighted by Crippen LogP contribution is -2.41. The molecule has 2 aliphatic rings. The Kier molecular flexibility index (Phi) is 6.35. The SMILES string of the molecule is CC1CC(=O)Nc2ccccc2N1C(=O)COC(=O)CCC(=O)c1ccc2c(c1)CCC2. The molecule has 2 aromatic rings. The van der Waals surface area contributed by atoms with Gasteiger partial charge in [0.1, 0.15) is 0 Å². The molecule has 1 aliphatic heterocycles. The quantitative estimate of drug-likeness (QED) is 0.555. The number of hydrogen-bond acceptors (Lipinski definition) is 5. The molecular weight excluding hydrogens is 408 g/mol. The van der Waals surface area contributed by atoms with Crippen molar-refractivity contribution in [3.63, 3.8) is 0 Å². The predicted octanol–water partition coefficient (Wildman–Crippen LogP) is 3.45. The van der Waals surface area contributed by atoms with Gasteiger partial charge in [0.25, 0.3) is 5.91 Å². The third kappa shape index (κ3) is 4.72. The first kappa shape index (κ1) is 21.7. The van der Waals surface area contributed by atoms with E-state index in [1.54, 1.807) is 31.2 Å². The maximum atomic E-state index is 12.8. The van der Waals surface area contributed by atoms with Gasteiger partial charge in [-0.05, 0) is 55.5 Å². The number of amides is 2. The maximum absolute atomic E-state index is 12.8. The Morgan fingerprint density at radius 3 is 2.69 bits per heavy atom. The molecule has 0 bridgehead atoms. The number of Topliss-reactive ketones (excluding diaryl/α,β-unsaturated/α-hetero) is 1. The zero-order chi connectivity index (χ0) is 22.7. The van der Waals surface area contributed by atoms with E-state index in [0.29, 0.717) is 16.9 Å². The van der Waals surface area contributed by atoms with Crippen molar-refractivity contribution in [1.29, 1.82) is 0 Å². The zero-order valence-corrected chi connectivity index (χ0v) is 18.1. The van der Waals surface area contributed by atoms with Crippen molar-refractivity contribution < 1.29 is 23.9 Å². The van der Waals surface area contributed by atoms with E-state index in [1.807, 2.05) is 18.2 Å². The number of esters is 1. The number of fused-ring (bicyclic) bond motifs is 2. The van der Waals surface area contributed by atoms with Gasteiger partial charge in [-0.15, -0.1) is 0 Å². The van der Waals surface area contributed by atoms with Gasteiger partial charge in [0.2, 0.25) is 5.91 Å². The number of hydrogen-bond donors (Lipinski definition) is 1. The Bertz CT molecular complexity index is 1080. The van der Waals surface area contributed by atoms with E-state index in [-0.39, 0.29) is 37.0 Å². The van der Waals surface area contributed by atoms with Gasteiger partial charge in [0.15, 0.2) is 12.4 Å². The van der Waals surface area contributed by atoms with Crippen molar-refractivity contribution in [1.82, 2.24) is 0 Å². The van der Waals surface area contributed by atoms with Crippen LogP contribution in [-0.2, 0) is 32.0 Å². The summed E-state index contributed by atoms with van der Waals surface area (Å²) >= 11 is 0. The second-order valence-electron chi connectivity index (χ2n) is 8.30. The summed E-state index contributed by atoms with van der Waals surface area (Å²) in [4.78, 5) is 51.0. The van der Waals surface area contributed by atoms with Crippen LogP contribution in [0.2, 0.25) is 0 Å². The summed E-state index contributed by atoms with van der Waals surface area (Å²) in [5.41, 5.74) is 4.23. The molecule has 0 aromatic heterocycles. The van der Waals surface area contributed by atoms with Crippen LogP contribution in [0.3, 0.4) is 0 Å². The number of aryl methyl sites for hydroxylation is 2. The van der Waals surface area contributed by atoms with Gasteiger partial charge < -0.3 is 15.0 Å². The van der Waals surface area contributed by atoms with Gasteiger partial charge in [-0.3, -0.25) is 19.2 Å². The van der Waals surface area contributed by atoms with Gasteiger partial charge in [-0.2, -0.15) is 0 Å².